The lowest BCUT2D eigenvalue weighted by molar-refractivity contribution is 0.598. The van der Waals surface area contributed by atoms with Crippen molar-refractivity contribution in [3.63, 3.8) is 0 Å². The van der Waals surface area contributed by atoms with E-state index in [0.717, 1.165) is 5.56 Å². The molecule has 2 rings (SSSR count). The Labute approximate surface area is 110 Å². The van der Waals surface area contributed by atoms with Crippen LogP contribution in [0.2, 0.25) is 0 Å². The molecule has 0 bridgehead atoms. The Kier molecular flexibility index (Phi) is 3.39. The molecule has 19 heavy (non-hydrogen) atoms. The smallest absolute Gasteiger partial charge is 0.265 e. The molecule has 0 fully saturated rings. The third-order valence-electron chi connectivity index (χ3n) is 2.46. The maximum absolute atomic E-state index is 13.5. The fraction of sp³-hybridized carbons (Fsp3) is 0.0833. The van der Waals surface area contributed by atoms with Crippen LogP contribution < -0.4 is 10.5 Å². The van der Waals surface area contributed by atoms with Crippen LogP contribution in [0.15, 0.2) is 41.4 Å². The predicted octanol–water partition coefficient (Wildman–Crippen LogP) is 1.91. The summed E-state index contributed by atoms with van der Waals surface area (Å²) in [5.41, 5.74) is 6.12. The van der Waals surface area contributed by atoms with Gasteiger partial charge in [-0.3, -0.25) is 4.72 Å². The van der Waals surface area contributed by atoms with Gasteiger partial charge in [-0.25, -0.2) is 17.8 Å². The maximum Gasteiger partial charge on any atom is 0.265 e. The van der Waals surface area contributed by atoms with E-state index in [1.54, 1.807) is 13.0 Å². The van der Waals surface area contributed by atoms with E-state index in [9.17, 15) is 12.8 Å². The lowest BCUT2D eigenvalue weighted by atomic mass is 10.2. The van der Waals surface area contributed by atoms with E-state index in [2.05, 4.69) is 9.71 Å². The molecule has 0 unspecified atom stereocenters. The minimum Gasteiger partial charge on any atom is -0.383 e. The van der Waals surface area contributed by atoms with E-state index in [4.69, 9.17) is 5.73 Å². The Morgan fingerprint density at radius 2 is 2.05 bits per heavy atom. The molecule has 0 aliphatic rings. The van der Waals surface area contributed by atoms with Crippen molar-refractivity contribution in [3.8, 4) is 0 Å². The van der Waals surface area contributed by atoms with E-state index in [1.165, 1.54) is 30.5 Å². The van der Waals surface area contributed by atoms with Gasteiger partial charge < -0.3 is 5.73 Å². The van der Waals surface area contributed by atoms with Gasteiger partial charge >= 0.3 is 0 Å². The van der Waals surface area contributed by atoms with Gasteiger partial charge in [-0.15, -0.1) is 0 Å². The fourth-order valence-electron chi connectivity index (χ4n) is 1.55. The molecule has 3 N–H and O–H groups in total. The molecule has 100 valence electrons. The second kappa shape index (κ2) is 4.85. The number of pyridine rings is 1. The number of hydrogen-bond donors (Lipinski definition) is 2. The zero-order valence-electron chi connectivity index (χ0n) is 10.1. The number of halogens is 1. The van der Waals surface area contributed by atoms with Gasteiger partial charge in [0.2, 0.25) is 0 Å². The van der Waals surface area contributed by atoms with Gasteiger partial charge in [-0.2, -0.15) is 0 Å². The van der Waals surface area contributed by atoms with E-state index >= 15 is 0 Å². The second-order valence-corrected chi connectivity index (χ2v) is 5.63. The summed E-state index contributed by atoms with van der Waals surface area (Å²) in [5.74, 6) is -0.792. The van der Waals surface area contributed by atoms with Crippen molar-refractivity contribution in [1.82, 2.24) is 4.98 Å². The van der Waals surface area contributed by atoms with Gasteiger partial charge in [-0.05, 0) is 36.8 Å². The number of rotatable bonds is 3. The highest BCUT2D eigenvalue weighted by atomic mass is 32.2. The van der Waals surface area contributed by atoms with E-state index < -0.39 is 15.8 Å². The Bertz CT molecular complexity index is 717. The lowest BCUT2D eigenvalue weighted by Gasteiger charge is -2.10. The molecule has 0 atom stereocenters. The van der Waals surface area contributed by atoms with Crippen LogP contribution in [-0.2, 0) is 10.0 Å². The van der Waals surface area contributed by atoms with Gasteiger partial charge in [0.25, 0.3) is 10.0 Å². The monoisotopic (exact) mass is 281 g/mol. The van der Waals surface area contributed by atoms with Gasteiger partial charge in [0.05, 0.1) is 5.69 Å². The topological polar surface area (TPSA) is 85.1 Å². The molecule has 2 aromatic rings. The molecule has 0 spiro atoms. The number of benzene rings is 1. The number of aromatic nitrogens is 1. The van der Waals surface area contributed by atoms with Crippen LogP contribution in [0.5, 0.6) is 0 Å². The number of anilines is 2. The van der Waals surface area contributed by atoms with Crippen molar-refractivity contribution in [3.05, 3.63) is 47.9 Å². The summed E-state index contributed by atoms with van der Waals surface area (Å²) in [5, 5.41) is 0. The van der Waals surface area contributed by atoms with Crippen LogP contribution in [0.3, 0.4) is 0 Å². The van der Waals surface area contributed by atoms with Crippen molar-refractivity contribution in [2.24, 2.45) is 0 Å². The van der Waals surface area contributed by atoms with Gasteiger partial charge in [0.15, 0.2) is 0 Å². The quantitative estimate of drug-likeness (QED) is 0.900. The van der Waals surface area contributed by atoms with E-state index in [0.29, 0.717) is 0 Å². The van der Waals surface area contributed by atoms with Crippen molar-refractivity contribution in [1.29, 1.82) is 0 Å². The largest absolute Gasteiger partial charge is 0.383 e. The fourth-order valence-corrected chi connectivity index (χ4v) is 2.69. The molecule has 5 nitrogen and oxygen atoms in total. The summed E-state index contributed by atoms with van der Waals surface area (Å²) in [6.45, 7) is 1.73. The summed E-state index contributed by atoms with van der Waals surface area (Å²) in [6.07, 6.45) is 1.38. The van der Waals surface area contributed by atoms with Crippen LogP contribution in [-0.4, -0.2) is 13.4 Å². The van der Waals surface area contributed by atoms with Crippen LogP contribution in [0.25, 0.3) is 0 Å². The summed E-state index contributed by atoms with van der Waals surface area (Å²) in [4.78, 5) is 3.51. The first-order chi connectivity index (χ1) is 8.90. The number of nitrogens with one attached hydrogen (secondary N) is 1. The number of sulfonamides is 1. The standard InChI is InChI=1S/C12H12FN3O2S/c1-8-4-5-9(13)10(7-8)16-19(17,18)11-3-2-6-15-12(11)14/h2-7,16H,1H3,(H2,14,15). The van der Waals surface area contributed by atoms with Crippen molar-refractivity contribution in [2.45, 2.75) is 11.8 Å². The number of aryl methyl sites for hydroxylation is 1. The lowest BCUT2D eigenvalue weighted by Crippen LogP contribution is -2.16. The number of nitrogens with two attached hydrogens (primary N) is 1. The molecule has 0 saturated heterocycles. The third-order valence-corrected chi connectivity index (χ3v) is 3.87. The predicted molar refractivity (Wildman–Crippen MR) is 70.6 cm³/mol. The van der Waals surface area contributed by atoms with Gasteiger partial charge in [-0.1, -0.05) is 6.07 Å². The molecule has 0 radical (unpaired) electrons. The van der Waals surface area contributed by atoms with Gasteiger partial charge in [0.1, 0.15) is 16.5 Å². The van der Waals surface area contributed by atoms with Crippen molar-refractivity contribution in [2.75, 3.05) is 10.5 Å². The molecule has 7 heteroatoms. The second-order valence-electron chi connectivity index (χ2n) is 3.98. The first-order valence-corrected chi connectivity index (χ1v) is 6.88. The highest BCUT2D eigenvalue weighted by Crippen LogP contribution is 2.22. The van der Waals surface area contributed by atoms with Crippen molar-refractivity contribution >= 4 is 21.5 Å². The van der Waals surface area contributed by atoms with Crippen LogP contribution in [0.1, 0.15) is 5.56 Å². The van der Waals surface area contributed by atoms with Crippen LogP contribution in [0.4, 0.5) is 15.9 Å². The Balaban J connectivity index is 2.43. The molecule has 1 aromatic heterocycles. The summed E-state index contributed by atoms with van der Waals surface area (Å²) >= 11 is 0. The zero-order valence-corrected chi connectivity index (χ0v) is 10.9. The molecule has 0 aliphatic heterocycles. The normalized spacial score (nSPS) is 11.3. The first kappa shape index (κ1) is 13.3. The maximum atomic E-state index is 13.5. The first-order valence-electron chi connectivity index (χ1n) is 5.39. The molecule has 0 amide bonds. The summed E-state index contributed by atoms with van der Waals surface area (Å²) < 4.78 is 39.9. The van der Waals surface area contributed by atoms with Gasteiger partial charge in [0, 0.05) is 6.20 Å². The summed E-state index contributed by atoms with van der Waals surface area (Å²) in [7, 11) is -3.96. The minimum atomic E-state index is -3.96. The van der Waals surface area contributed by atoms with E-state index in [1.807, 2.05) is 0 Å². The molecule has 1 aromatic carbocycles. The molecule has 0 saturated carbocycles. The Morgan fingerprint density at radius 3 is 2.74 bits per heavy atom. The zero-order chi connectivity index (χ0) is 14.0. The highest BCUT2D eigenvalue weighted by Gasteiger charge is 2.19. The Hall–Kier alpha value is -2.15. The van der Waals surface area contributed by atoms with Crippen LogP contribution >= 0.6 is 0 Å². The molecule has 0 aliphatic carbocycles. The van der Waals surface area contributed by atoms with E-state index in [-0.39, 0.29) is 16.4 Å². The van der Waals surface area contributed by atoms with Crippen molar-refractivity contribution < 1.29 is 12.8 Å². The molecular weight excluding hydrogens is 269 g/mol. The summed E-state index contributed by atoms with van der Waals surface area (Å²) in [6, 6.07) is 6.89. The number of hydrogen-bond acceptors (Lipinski definition) is 4. The SMILES string of the molecule is Cc1ccc(F)c(NS(=O)(=O)c2cccnc2N)c1. The average Bonchev–Trinajstić information content (AvgIpc) is 2.34. The molecule has 1 heterocycles. The molecular formula is C12H12FN3O2S. The Morgan fingerprint density at radius 1 is 1.32 bits per heavy atom. The number of nitrogens with zero attached hydrogens (tertiary/aromatic N) is 1. The highest BCUT2D eigenvalue weighted by molar-refractivity contribution is 7.92. The third kappa shape index (κ3) is 2.82. The minimum absolute atomic E-state index is 0.122. The van der Waals surface area contributed by atoms with Crippen LogP contribution in [0, 0.1) is 12.7 Å². The number of nitrogen functional groups attached to an aromatic ring is 1. The average molecular weight is 281 g/mol.